The van der Waals surface area contributed by atoms with Gasteiger partial charge in [0.05, 0.1) is 6.61 Å². The van der Waals surface area contributed by atoms with Crippen molar-refractivity contribution in [3.05, 3.63) is 29.8 Å². The molecule has 1 spiro atoms. The van der Waals surface area contributed by atoms with Gasteiger partial charge in [0.2, 0.25) is 0 Å². The molecule has 3 nitrogen and oxygen atoms in total. The van der Waals surface area contributed by atoms with Gasteiger partial charge in [-0.05, 0) is 67.9 Å². The molecule has 2 aliphatic heterocycles. The average molecular weight is 339 g/mol. The molecule has 2 aliphatic rings. The second-order valence-electron chi connectivity index (χ2n) is 7.56. The van der Waals surface area contributed by atoms with Crippen LogP contribution in [0, 0.1) is 11.3 Å². The lowest BCUT2D eigenvalue weighted by atomic mass is 9.78. The van der Waals surface area contributed by atoms with Crippen LogP contribution in [0.3, 0.4) is 0 Å². The number of halogens is 1. The van der Waals surface area contributed by atoms with Crippen molar-refractivity contribution in [3.8, 4) is 5.75 Å². The number of hydrogen-bond donors (Lipinski definition) is 1. The zero-order valence-electron chi connectivity index (χ0n) is 14.5. The molecule has 2 fully saturated rings. The first-order valence-electron chi connectivity index (χ1n) is 8.80. The van der Waals surface area contributed by atoms with Gasteiger partial charge in [-0.1, -0.05) is 26.0 Å². The molecule has 0 unspecified atom stereocenters. The molecule has 0 radical (unpaired) electrons. The van der Waals surface area contributed by atoms with E-state index in [9.17, 15) is 0 Å². The van der Waals surface area contributed by atoms with Crippen LogP contribution < -0.4 is 10.1 Å². The van der Waals surface area contributed by atoms with Gasteiger partial charge in [0, 0.05) is 13.1 Å². The molecule has 2 saturated heterocycles. The SMILES string of the molecule is CC(C)COc1cccc(CN2CCC3(CCNCC3)C2)c1.Cl. The Morgan fingerprint density at radius 1 is 1.22 bits per heavy atom. The molecule has 0 bridgehead atoms. The van der Waals surface area contributed by atoms with Gasteiger partial charge < -0.3 is 10.1 Å². The third-order valence-electron chi connectivity index (χ3n) is 5.07. The maximum absolute atomic E-state index is 5.86. The van der Waals surface area contributed by atoms with Crippen LogP contribution in [-0.2, 0) is 6.54 Å². The Hall–Kier alpha value is -0.770. The quantitative estimate of drug-likeness (QED) is 0.885. The minimum atomic E-state index is 0. The highest BCUT2D eigenvalue weighted by Crippen LogP contribution is 2.39. The fourth-order valence-corrected chi connectivity index (χ4v) is 3.78. The molecular weight excluding hydrogens is 308 g/mol. The van der Waals surface area contributed by atoms with E-state index in [-0.39, 0.29) is 12.4 Å². The molecule has 4 heteroatoms. The first kappa shape index (κ1) is 18.6. The van der Waals surface area contributed by atoms with Crippen LogP contribution in [0.5, 0.6) is 5.75 Å². The molecule has 0 amide bonds. The number of nitrogens with one attached hydrogen (secondary N) is 1. The Labute approximate surface area is 147 Å². The van der Waals surface area contributed by atoms with Gasteiger partial charge in [-0.15, -0.1) is 12.4 Å². The summed E-state index contributed by atoms with van der Waals surface area (Å²) in [4.78, 5) is 2.63. The molecule has 130 valence electrons. The van der Waals surface area contributed by atoms with Crippen molar-refractivity contribution < 1.29 is 4.74 Å². The zero-order valence-corrected chi connectivity index (χ0v) is 15.3. The van der Waals surface area contributed by atoms with Crippen molar-refractivity contribution in [3.63, 3.8) is 0 Å². The zero-order chi connectivity index (χ0) is 15.4. The van der Waals surface area contributed by atoms with Gasteiger partial charge in [0.25, 0.3) is 0 Å². The van der Waals surface area contributed by atoms with Crippen LogP contribution in [0.15, 0.2) is 24.3 Å². The van der Waals surface area contributed by atoms with E-state index in [1.165, 1.54) is 51.0 Å². The van der Waals surface area contributed by atoms with Gasteiger partial charge in [0.1, 0.15) is 5.75 Å². The molecular formula is C19H31ClN2O. The number of rotatable bonds is 5. The minimum absolute atomic E-state index is 0. The standard InChI is InChI=1S/C19H30N2O.ClH/c1-16(2)14-22-18-5-3-4-17(12-18)13-21-11-8-19(15-21)6-9-20-10-7-19;/h3-5,12,16,20H,6-11,13-15H2,1-2H3;1H. The van der Waals surface area contributed by atoms with E-state index in [1.807, 2.05) is 0 Å². The maximum Gasteiger partial charge on any atom is 0.119 e. The highest BCUT2D eigenvalue weighted by molar-refractivity contribution is 5.85. The molecule has 0 atom stereocenters. The van der Waals surface area contributed by atoms with Gasteiger partial charge >= 0.3 is 0 Å². The van der Waals surface area contributed by atoms with Crippen LogP contribution in [0.1, 0.15) is 38.7 Å². The van der Waals surface area contributed by atoms with E-state index in [4.69, 9.17) is 4.74 Å². The van der Waals surface area contributed by atoms with Crippen molar-refractivity contribution in [1.29, 1.82) is 0 Å². The number of hydrogen-bond acceptors (Lipinski definition) is 3. The van der Waals surface area contributed by atoms with Crippen LogP contribution >= 0.6 is 12.4 Å². The predicted molar refractivity (Wildman–Crippen MR) is 98.5 cm³/mol. The highest BCUT2D eigenvalue weighted by Gasteiger charge is 2.38. The van der Waals surface area contributed by atoms with Crippen molar-refractivity contribution in [2.75, 3.05) is 32.8 Å². The molecule has 1 N–H and O–H groups in total. The Kier molecular flexibility index (Phi) is 6.75. The van der Waals surface area contributed by atoms with Crippen LogP contribution in [0.2, 0.25) is 0 Å². The van der Waals surface area contributed by atoms with Gasteiger partial charge in [-0.25, -0.2) is 0 Å². The van der Waals surface area contributed by atoms with Gasteiger partial charge in [-0.2, -0.15) is 0 Å². The second-order valence-corrected chi connectivity index (χ2v) is 7.56. The normalized spacial score (nSPS) is 20.7. The van der Waals surface area contributed by atoms with E-state index in [1.54, 1.807) is 0 Å². The first-order valence-corrected chi connectivity index (χ1v) is 8.80. The maximum atomic E-state index is 5.86. The lowest BCUT2D eigenvalue weighted by Gasteiger charge is -2.34. The summed E-state index contributed by atoms with van der Waals surface area (Å²) < 4.78 is 5.86. The largest absolute Gasteiger partial charge is 0.493 e. The van der Waals surface area contributed by atoms with E-state index in [0.717, 1.165) is 18.9 Å². The molecule has 1 aromatic rings. The molecule has 2 heterocycles. The number of piperidine rings is 1. The summed E-state index contributed by atoms with van der Waals surface area (Å²) in [5.41, 5.74) is 1.98. The topological polar surface area (TPSA) is 24.5 Å². The van der Waals surface area contributed by atoms with Crippen LogP contribution in [0.4, 0.5) is 0 Å². The number of ether oxygens (including phenoxy) is 1. The Balaban J connectivity index is 0.00000192. The van der Waals surface area contributed by atoms with E-state index in [0.29, 0.717) is 11.3 Å². The van der Waals surface area contributed by atoms with Crippen molar-refractivity contribution in [2.45, 2.75) is 39.7 Å². The number of likely N-dealkylation sites (tertiary alicyclic amines) is 1. The summed E-state index contributed by atoms with van der Waals surface area (Å²) in [5, 5.41) is 3.50. The lowest BCUT2D eigenvalue weighted by molar-refractivity contribution is 0.194. The van der Waals surface area contributed by atoms with E-state index >= 15 is 0 Å². The molecule has 3 rings (SSSR count). The minimum Gasteiger partial charge on any atom is -0.493 e. The number of benzene rings is 1. The molecule has 0 aromatic heterocycles. The van der Waals surface area contributed by atoms with E-state index < -0.39 is 0 Å². The third-order valence-corrected chi connectivity index (χ3v) is 5.07. The summed E-state index contributed by atoms with van der Waals surface area (Å²) in [6.07, 6.45) is 4.07. The molecule has 0 aliphatic carbocycles. The van der Waals surface area contributed by atoms with Crippen molar-refractivity contribution in [1.82, 2.24) is 10.2 Å². The summed E-state index contributed by atoms with van der Waals surface area (Å²) >= 11 is 0. The molecule has 23 heavy (non-hydrogen) atoms. The summed E-state index contributed by atoms with van der Waals surface area (Å²) in [6.45, 7) is 11.2. The van der Waals surface area contributed by atoms with Crippen molar-refractivity contribution in [2.24, 2.45) is 11.3 Å². The fourth-order valence-electron chi connectivity index (χ4n) is 3.78. The lowest BCUT2D eigenvalue weighted by Crippen LogP contribution is -2.38. The molecule has 0 saturated carbocycles. The van der Waals surface area contributed by atoms with Gasteiger partial charge in [0.15, 0.2) is 0 Å². The summed E-state index contributed by atoms with van der Waals surface area (Å²) in [6, 6.07) is 8.65. The van der Waals surface area contributed by atoms with E-state index in [2.05, 4.69) is 48.3 Å². The third kappa shape index (κ3) is 5.10. The van der Waals surface area contributed by atoms with Crippen molar-refractivity contribution >= 4 is 12.4 Å². The predicted octanol–water partition coefficient (Wildman–Crippen LogP) is 3.72. The molecule has 1 aromatic carbocycles. The fraction of sp³-hybridized carbons (Fsp3) is 0.684. The highest BCUT2D eigenvalue weighted by atomic mass is 35.5. The van der Waals surface area contributed by atoms with Gasteiger partial charge in [-0.3, -0.25) is 4.90 Å². The summed E-state index contributed by atoms with van der Waals surface area (Å²) in [7, 11) is 0. The summed E-state index contributed by atoms with van der Waals surface area (Å²) in [5.74, 6) is 1.59. The smallest absolute Gasteiger partial charge is 0.119 e. The first-order chi connectivity index (χ1) is 10.7. The van der Waals surface area contributed by atoms with Crippen LogP contribution in [0.25, 0.3) is 0 Å². The monoisotopic (exact) mass is 338 g/mol. The Morgan fingerprint density at radius 2 is 2.00 bits per heavy atom. The Morgan fingerprint density at radius 3 is 2.74 bits per heavy atom. The second kappa shape index (κ2) is 8.36. The number of nitrogens with zero attached hydrogens (tertiary/aromatic N) is 1. The van der Waals surface area contributed by atoms with Crippen LogP contribution in [-0.4, -0.2) is 37.7 Å². The Bertz CT molecular complexity index is 486. The average Bonchev–Trinajstić information content (AvgIpc) is 2.88.